The molecule has 3 aromatic rings. The first-order chi connectivity index (χ1) is 16.9. The van der Waals surface area contributed by atoms with Crippen LogP contribution in [0.4, 0.5) is 0 Å². The summed E-state index contributed by atoms with van der Waals surface area (Å²) < 4.78 is 53.5. The molecule has 2 N–H and O–H groups in total. The molecule has 1 saturated heterocycles. The van der Waals surface area contributed by atoms with Crippen LogP contribution in [0, 0.1) is 11.8 Å². The number of sulfonamides is 2. The van der Waals surface area contributed by atoms with Gasteiger partial charge in [0.25, 0.3) is 5.91 Å². The fraction of sp³-hybridized carbons (Fsp3) is 0.333. The second-order valence-electron chi connectivity index (χ2n) is 9.17. The van der Waals surface area contributed by atoms with Crippen LogP contribution >= 0.6 is 11.3 Å². The lowest BCUT2D eigenvalue weighted by atomic mass is 9.94. The summed E-state index contributed by atoms with van der Waals surface area (Å²) in [5.74, 6) is 0.0239. The van der Waals surface area contributed by atoms with Crippen LogP contribution < -0.4 is 9.94 Å². The summed E-state index contributed by atoms with van der Waals surface area (Å²) in [5.41, 5.74) is 0.924. The highest BCUT2D eigenvalue weighted by Gasteiger charge is 2.31. The number of hydrogen-bond donors (Lipinski definition) is 1. The zero-order valence-corrected chi connectivity index (χ0v) is 22.4. The summed E-state index contributed by atoms with van der Waals surface area (Å²) in [6, 6.07) is 10.2. The highest BCUT2D eigenvalue weighted by Crippen LogP contribution is 2.27. The molecule has 12 heteroatoms. The number of allylic oxidation sites excluding steroid dienone is 1. The van der Waals surface area contributed by atoms with Crippen molar-refractivity contribution in [1.82, 2.24) is 8.87 Å². The highest BCUT2D eigenvalue weighted by atomic mass is 32.2. The molecule has 36 heavy (non-hydrogen) atoms. The summed E-state index contributed by atoms with van der Waals surface area (Å²) in [7, 11) is -7.54. The number of rotatable bonds is 6. The Morgan fingerprint density at radius 1 is 1.08 bits per heavy atom. The molecule has 4 rings (SSSR count). The molecule has 192 valence electrons. The summed E-state index contributed by atoms with van der Waals surface area (Å²) in [4.78, 5) is 17.6. The summed E-state index contributed by atoms with van der Waals surface area (Å²) >= 11 is 1.15. The maximum absolute atomic E-state index is 13.1. The fourth-order valence-electron chi connectivity index (χ4n) is 4.49. The predicted molar refractivity (Wildman–Crippen MR) is 139 cm³/mol. The number of nitrogens with two attached hydrogens (primary N) is 1. The largest absolute Gasteiger partial charge is 0.312 e. The molecule has 0 bridgehead atoms. The first kappa shape index (κ1) is 26.4. The zero-order chi connectivity index (χ0) is 26.3. The highest BCUT2D eigenvalue weighted by molar-refractivity contribution is 7.89. The molecule has 0 spiro atoms. The number of carbonyl (C=O) groups is 1. The predicted octanol–water partition coefficient (Wildman–Crippen LogP) is 2.94. The van der Waals surface area contributed by atoms with Gasteiger partial charge in [0.1, 0.15) is 0 Å². The lowest BCUT2D eigenvalue weighted by Gasteiger charge is -2.34. The van der Waals surface area contributed by atoms with E-state index in [2.05, 4.69) is 11.6 Å². The molecule has 0 aliphatic carbocycles. The molecule has 1 aromatic heterocycles. The molecule has 0 radical (unpaired) electrons. The number of hydrogen-bond acceptors (Lipinski definition) is 6. The molecule has 0 saturated carbocycles. The maximum atomic E-state index is 13.1. The quantitative estimate of drug-likeness (QED) is 0.473. The van der Waals surface area contributed by atoms with Crippen molar-refractivity contribution < 1.29 is 21.6 Å². The van der Waals surface area contributed by atoms with Gasteiger partial charge in [-0.3, -0.25) is 4.79 Å². The van der Waals surface area contributed by atoms with Gasteiger partial charge in [-0.05, 0) is 60.7 Å². The smallest absolute Gasteiger partial charge is 0.279 e. The summed E-state index contributed by atoms with van der Waals surface area (Å²) in [6.07, 6.45) is 2.64. The van der Waals surface area contributed by atoms with Crippen molar-refractivity contribution >= 4 is 47.5 Å². The number of primary sulfonamides is 1. The summed E-state index contributed by atoms with van der Waals surface area (Å²) in [6.45, 7) is 9.14. The number of piperidine rings is 1. The Balaban J connectivity index is 1.67. The van der Waals surface area contributed by atoms with Gasteiger partial charge in [-0.2, -0.15) is 9.30 Å². The fourth-order valence-corrected chi connectivity index (χ4v) is 7.86. The Morgan fingerprint density at radius 3 is 2.28 bits per heavy atom. The van der Waals surface area contributed by atoms with Crippen LogP contribution in [0.2, 0.25) is 0 Å². The van der Waals surface area contributed by atoms with Gasteiger partial charge < -0.3 is 4.57 Å². The number of aromatic nitrogens is 1. The first-order valence-electron chi connectivity index (χ1n) is 11.4. The molecule has 2 heterocycles. The van der Waals surface area contributed by atoms with Crippen LogP contribution in [-0.4, -0.2) is 44.7 Å². The van der Waals surface area contributed by atoms with Crippen LogP contribution in [-0.2, 0) is 26.6 Å². The molecule has 1 aliphatic heterocycles. The SMILES string of the molecule is C=CCn1c(=NC(=O)c2ccc(S(=O)(=O)N3CC(C)CC(C)C3)cc2)sc2cc(S(N)(=O)=O)ccc21. The average Bonchev–Trinajstić information content (AvgIpc) is 3.14. The van der Waals surface area contributed by atoms with Gasteiger partial charge in [0.05, 0.1) is 20.0 Å². The lowest BCUT2D eigenvalue weighted by molar-refractivity contribution is 0.0997. The Hall–Kier alpha value is -2.64. The van der Waals surface area contributed by atoms with Crippen LogP contribution in [0.1, 0.15) is 30.6 Å². The minimum Gasteiger partial charge on any atom is -0.312 e. The molecule has 1 amide bonds. The van der Waals surface area contributed by atoms with E-state index in [-0.39, 0.29) is 27.2 Å². The number of fused-ring (bicyclic) bond motifs is 1. The minimum absolute atomic E-state index is 0.0332. The van der Waals surface area contributed by atoms with E-state index in [0.29, 0.717) is 34.7 Å². The number of nitrogens with zero attached hydrogens (tertiary/aromatic N) is 3. The average molecular weight is 549 g/mol. The maximum Gasteiger partial charge on any atom is 0.279 e. The van der Waals surface area contributed by atoms with Crippen molar-refractivity contribution in [3.05, 3.63) is 65.5 Å². The van der Waals surface area contributed by atoms with Crippen molar-refractivity contribution in [3.63, 3.8) is 0 Å². The molecular weight excluding hydrogens is 520 g/mol. The van der Waals surface area contributed by atoms with Gasteiger partial charge in [-0.15, -0.1) is 6.58 Å². The minimum atomic E-state index is -3.88. The Morgan fingerprint density at radius 2 is 1.69 bits per heavy atom. The molecule has 1 fully saturated rings. The van der Waals surface area contributed by atoms with E-state index in [4.69, 9.17) is 5.14 Å². The Bertz CT molecular complexity index is 1590. The number of thiazole rings is 1. The van der Waals surface area contributed by atoms with Crippen LogP contribution in [0.5, 0.6) is 0 Å². The molecule has 2 unspecified atom stereocenters. The molecule has 2 aromatic carbocycles. The number of amides is 1. The summed E-state index contributed by atoms with van der Waals surface area (Å²) in [5, 5.41) is 5.24. The van der Waals surface area contributed by atoms with Crippen molar-refractivity contribution in [2.75, 3.05) is 13.1 Å². The zero-order valence-electron chi connectivity index (χ0n) is 20.0. The third-order valence-electron chi connectivity index (χ3n) is 6.07. The molecule has 1 aliphatic rings. The van der Waals surface area contributed by atoms with Crippen molar-refractivity contribution in [2.45, 2.75) is 36.6 Å². The van der Waals surface area contributed by atoms with Gasteiger partial charge >= 0.3 is 0 Å². The van der Waals surface area contributed by atoms with E-state index in [1.54, 1.807) is 16.7 Å². The van der Waals surface area contributed by atoms with Gasteiger partial charge in [-0.25, -0.2) is 22.0 Å². The molecule has 9 nitrogen and oxygen atoms in total. The second-order valence-corrected chi connectivity index (χ2v) is 13.7. The normalized spacial score (nSPS) is 20.0. The van der Waals surface area contributed by atoms with E-state index < -0.39 is 26.0 Å². The first-order valence-corrected chi connectivity index (χ1v) is 15.2. The third kappa shape index (κ3) is 5.37. The van der Waals surface area contributed by atoms with Crippen LogP contribution in [0.3, 0.4) is 0 Å². The van der Waals surface area contributed by atoms with E-state index in [1.807, 2.05) is 13.8 Å². The monoisotopic (exact) mass is 548 g/mol. The second kappa shape index (κ2) is 10.0. The number of benzene rings is 2. The van der Waals surface area contributed by atoms with Gasteiger partial charge in [0.15, 0.2) is 4.80 Å². The molecule has 2 atom stereocenters. The lowest BCUT2D eigenvalue weighted by Crippen LogP contribution is -2.42. The van der Waals surface area contributed by atoms with E-state index >= 15 is 0 Å². The van der Waals surface area contributed by atoms with Crippen LogP contribution in [0.25, 0.3) is 10.2 Å². The van der Waals surface area contributed by atoms with E-state index in [9.17, 15) is 21.6 Å². The van der Waals surface area contributed by atoms with E-state index in [1.165, 1.54) is 40.7 Å². The molecular formula is C24H28N4O5S3. The number of carbonyl (C=O) groups excluding carboxylic acids is 1. The standard InChI is InChI=1S/C24H28N4O5S3/c1-4-11-28-21-10-9-20(35(25,30)31)13-22(21)34-24(28)26-23(29)18-5-7-19(8-6-18)36(32,33)27-14-16(2)12-17(3)15-27/h4-10,13,16-17H,1,11-12,14-15H2,2-3H3,(H2,25,30,31). The van der Waals surface area contributed by atoms with Gasteiger partial charge in [0, 0.05) is 25.2 Å². The van der Waals surface area contributed by atoms with E-state index in [0.717, 1.165) is 17.8 Å². The topological polar surface area (TPSA) is 132 Å². The van der Waals surface area contributed by atoms with Crippen molar-refractivity contribution in [1.29, 1.82) is 0 Å². The van der Waals surface area contributed by atoms with Crippen LogP contribution in [0.15, 0.2) is 69.9 Å². The Labute approximate surface area is 214 Å². The van der Waals surface area contributed by atoms with Crippen molar-refractivity contribution in [2.24, 2.45) is 22.0 Å². The van der Waals surface area contributed by atoms with Gasteiger partial charge in [-0.1, -0.05) is 31.3 Å². The van der Waals surface area contributed by atoms with Gasteiger partial charge in [0.2, 0.25) is 20.0 Å². The third-order valence-corrected chi connectivity index (χ3v) is 9.86. The van der Waals surface area contributed by atoms with Crippen molar-refractivity contribution in [3.8, 4) is 0 Å². The Kier molecular flexibility index (Phi) is 7.35.